The first kappa shape index (κ1) is 24.1. The molecular formula is C29H31N7O2. The third-order valence-corrected chi connectivity index (χ3v) is 7.42. The van der Waals surface area contributed by atoms with Crippen molar-refractivity contribution in [3.8, 4) is 5.69 Å². The molecule has 0 saturated carbocycles. The molecule has 0 radical (unpaired) electrons. The maximum atomic E-state index is 13.0. The number of fused-ring (bicyclic) bond motifs is 2. The smallest absolute Gasteiger partial charge is 0.254 e. The Kier molecular flexibility index (Phi) is 6.07. The van der Waals surface area contributed by atoms with Gasteiger partial charge in [-0.2, -0.15) is 4.98 Å². The highest BCUT2D eigenvalue weighted by Gasteiger charge is 2.21. The van der Waals surface area contributed by atoms with E-state index >= 15 is 0 Å². The van der Waals surface area contributed by atoms with Crippen LogP contribution < -0.4 is 26.7 Å². The van der Waals surface area contributed by atoms with Crippen LogP contribution in [0.3, 0.4) is 0 Å². The van der Waals surface area contributed by atoms with Gasteiger partial charge in [-0.25, -0.2) is 4.98 Å². The summed E-state index contributed by atoms with van der Waals surface area (Å²) in [5, 5.41) is 7.06. The van der Waals surface area contributed by atoms with Crippen LogP contribution in [0, 0.1) is 0 Å². The Balaban J connectivity index is 1.35. The summed E-state index contributed by atoms with van der Waals surface area (Å²) in [6.45, 7) is 6.31. The van der Waals surface area contributed by atoms with Crippen LogP contribution in [0.2, 0.25) is 0 Å². The number of hydrogen-bond donors (Lipinski definition) is 3. The average molecular weight is 510 g/mol. The van der Waals surface area contributed by atoms with Gasteiger partial charge in [-0.3, -0.25) is 9.59 Å². The van der Waals surface area contributed by atoms with E-state index in [2.05, 4.69) is 58.6 Å². The van der Waals surface area contributed by atoms with Gasteiger partial charge in [0.05, 0.1) is 5.39 Å². The van der Waals surface area contributed by atoms with E-state index in [1.165, 1.54) is 29.2 Å². The van der Waals surface area contributed by atoms with Gasteiger partial charge in [0.1, 0.15) is 5.56 Å². The molecule has 2 aliphatic rings. The molecule has 2 aromatic carbocycles. The van der Waals surface area contributed by atoms with Crippen LogP contribution in [-0.4, -0.2) is 45.6 Å². The summed E-state index contributed by atoms with van der Waals surface area (Å²) >= 11 is 0. The molecule has 3 heterocycles. The highest BCUT2D eigenvalue weighted by Crippen LogP contribution is 2.27. The summed E-state index contributed by atoms with van der Waals surface area (Å²) in [4.78, 5) is 36.6. The lowest BCUT2D eigenvalue weighted by Crippen LogP contribution is -2.54. The zero-order chi connectivity index (χ0) is 26.4. The maximum Gasteiger partial charge on any atom is 0.254 e. The fourth-order valence-corrected chi connectivity index (χ4v) is 5.67. The van der Waals surface area contributed by atoms with E-state index in [9.17, 15) is 9.59 Å². The molecule has 194 valence electrons. The molecule has 1 amide bonds. The minimum Gasteiger partial charge on any atom is -0.368 e. The van der Waals surface area contributed by atoms with Gasteiger partial charge in [-0.1, -0.05) is 6.07 Å². The molecule has 38 heavy (non-hydrogen) atoms. The molecule has 9 nitrogen and oxygen atoms in total. The van der Waals surface area contributed by atoms with Crippen LogP contribution in [-0.2, 0) is 12.8 Å². The zero-order valence-electron chi connectivity index (χ0n) is 21.6. The number of pyridine rings is 1. The van der Waals surface area contributed by atoms with Crippen molar-refractivity contribution in [2.75, 3.05) is 23.3 Å². The number of rotatable bonds is 5. The van der Waals surface area contributed by atoms with Crippen LogP contribution in [0.5, 0.6) is 0 Å². The highest BCUT2D eigenvalue weighted by atomic mass is 16.2. The van der Waals surface area contributed by atoms with Crippen molar-refractivity contribution in [1.82, 2.24) is 19.9 Å². The van der Waals surface area contributed by atoms with Gasteiger partial charge >= 0.3 is 0 Å². The van der Waals surface area contributed by atoms with Gasteiger partial charge in [-0.15, -0.1) is 0 Å². The Labute approximate surface area is 220 Å². The van der Waals surface area contributed by atoms with Crippen LogP contribution >= 0.6 is 0 Å². The number of nitrogens with two attached hydrogens (primary N) is 1. The number of benzene rings is 2. The molecular weight excluding hydrogens is 478 g/mol. The van der Waals surface area contributed by atoms with Gasteiger partial charge in [0.25, 0.3) is 5.91 Å². The zero-order valence-corrected chi connectivity index (χ0v) is 21.6. The summed E-state index contributed by atoms with van der Waals surface area (Å²) < 4.78 is 1.76. The van der Waals surface area contributed by atoms with Crippen LogP contribution in [0.4, 0.5) is 17.3 Å². The number of aromatic nitrogens is 3. The van der Waals surface area contributed by atoms with E-state index in [1.807, 2.05) is 18.2 Å². The number of carbonyl (C=O) groups excluding carboxylic acids is 1. The van der Waals surface area contributed by atoms with E-state index in [0.717, 1.165) is 43.7 Å². The molecule has 2 atom stereocenters. The molecule has 1 fully saturated rings. The number of amides is 1. The lowest BCUT2D eigenvalue weighted by atomic mass is 10.1. The quantitative estimate of drug-likeness (QED) is 0.378. The summed E-state index contributed by atoms with van der Waals surface area (Å²) in [5.74, 6) is -0.418. The third-order valence-electron chi connectivity index (χ3n) is 7.42. The number of hydrogen-bond acceptors (Lipinski definition) is 7. The SMILES string of the molecule is C[C@@H]1CN(c2ccc(Nc3ncc4c(=O)c(C(N)=O)cn(-c5ccc6c(c5)CCC6)c4n3)cc2)C[C@H](C)N1. The minimum atomic E-state index is -0.776. The van der Waals surface area contributed by atoms with Gasteiger partial charge < -0.3 is 25.8 Å². The average Bonchev–Trinajstić information content (AvgIpc) is 3.37. The molecule has 2 aromatic heterocycles. The van der Waals surface area contributed by atoms with Crippen molar-refractivity contribution in [1.29, 1.82) is 0 Å². The number of nitrogens with zero attached hydrogens (tertiary/aromatic N) is 4. The monoisotopic (exact) mass is 509 g/mol. The Morgan fingerprint density at radius 3 is 2.47 bits per heavy atom. The van der Waals surface area contributed by atoms with E-state index in [-0.39, 0.29) is 10.9 Å². The molecule has 0 bridgehead atoms. The first-order valence-corrected chi connectivity index (χ1v) is 13.1. The second-order valence-corrected chi connectivity index (χ2v) is 10.4. The molecule has 1 saturated heterocycles. The number of aryl methyl sites for hydroxylation is 2. The largest absolute Gasteiger partial charge is 0.368 e. The lowest BCUT2D eigenvalue weighted by Gasteiger charge is -2.37. The number of primary amides is 1. The minimum absolute atomic E-state index is 0.0885. The van der Waals surface area contributed by atoms with Gasteiger partial charge in [-0.05, 0) is 80.6 Å². The first-order valence-electron chi connectivity index (χ1n) is 13.1. The second kappa shape index (κ2) is 9.57. The number of anilines is 3. The lowest BCUT2D eigenvalue weighted by molar-refractivity contribution is 0.0999. The molecule has 1 aliphatic carbocycles. The first-order chi connectivity index (χ1) is 18.4. The van der Waals surface area contributed by atoms with Crippen molar-refractivity contribution in [2.24, 2.45) is 5.73 Å². The number of nitrogens with one attached hydrogen (secondary N) is 2. The molecule has 0 unspecified atom stereocenters. The van der Waals surface area contributed by atoms with Gasteiger partial charge in [0.15, 0.2) is 5.65 Å². The maximum absolute atomic E-state index is 13.0. The van der Waals surface area contributed by atoms with E-state index in [4.69, 9.17) is 10.7 Å². The summed E-state index contributed by atoms with van der Waals surface area (Å²) in [5.41, 5.74) is 10.8. The molecule has 0 spiro atoms. The molecule has 1 aliphatic heterocycles. The summed E-state index contributed by atoms with van der Waals surface area (Å²) in [7, 11) is 0. The van der Waals surface area contributed by atoms with Gasteiger partial charge in [0, 0.05) is 54.6 Å². The van der Waals surface area contributed by atoms with Crippen molar-refractivity contribution in [3.63, 3.8) is 0 Å². The molecule has 9 heteroatoms. The van der Waals surface area contributed by atoms with Crippen LogP contribution in [0.25, 0.3) is 16.7 Å². The summed E-state index contributed by atoms with van der Waals surface area (Å²) in [6, 6.07) is 15.2. The molecule has 4 aromatic rings. The fraction of sp³-hybridized carbons (Fsp3) is 0.310. The standard InChI is InChI=1S/C29H31N7O2/c1-17-14-35(15-18(2)32-17)22-10-7-21(8-11-22)33-29-31-13-24-26(37)25(27(30)38)16-36(28(24)34-29)23-9-6-19-4-3-5-20(19)12-23/h6-13,16-18,32H,3-5,14-15H2,1-2H3,(H2,30,38)(H,31,33,34)/t17-,18+. The molecule has 6 rings (SSSR count). The Hall–Kier alpha value is -4.24. The Morgan fingerprint density at radius 1 is 1.03 bits per heavy atom. The summed E-state index contributed by atoms with van der Waals surface area (Å²) in [6.07, 6.45) is 6.15. The van der Waals surface area contributed by atoms with E-state index in [0.29, 0.717) is 23.7 Å². The van der Waals surface area contributed by atoms with Gasteiger partial charge in [0.2, 0.25) is 11.4 Å². The Morgan fingerprint density at radius 2 is 1.74 bits per heavy atom. The number of carbonyl (C=O) groups is 1. The van der Waals surface area contributed by atoms with Crippen LogP contribution in [0.15, 0.2) is 59.7 Å². The second-order valence-electron chi connectivity index (χ2n) is 10.4. The predicted octanol–water partition coefficient (Wildman–Crippen LogP) is 3.30. The topological polar surface area (TPSA) is 118 Å². The van der Waals surface area contributed by atoms with E-state index in [1.54, 1.807) is 4.57 Å². The Bertz CT molecular complexity index is 1590. The van der Waals surface area contributed by atoms with Crippen molar-refractivity contribution in [2.45, 2.75) is 45.2 Å². The van der Waals surface area contributed by atoms with Crippen molar-refractivity contribution < 1.29 is 4.79 Å². The fourth-order valence-electron chi connectivity index (χ4n) is 5.67. The van der Waals surface area contributed by atoms with Crippen LogP contribution in [0.1, 0.15) is 41.8 Å². The molecule has 4 N–H and O–H groups in total. The highest BCUT2D eigenvalue weighted by molar-refractivity contribution is 5.96. The number of piperazine rings is 1. The third kappa shape index (κ3) is 4.50. The van der Waals surface area contributed by atoms with Crippen molar-refractivity contribution >= 4 is 34.3 Å². The van der Waals surface area contributed by atoms with Crippen molar-refractivity contribution in [3.05, 3.63) is 81.8 Å². The normalized spacial score (nSPS) is 18.9. The van der Waals surface area contributed by atoms with E-state index < -0.39 is 11.3 Å². The predicted molar refractivity (Wildman–Crippen MR) is 150 cm³/mol.